The van der Waals surface area contributed by atoms with Crippen LogP contribution in [0.25, 0.3) is 33.3 Å². The van der Waals surface area contributed by atoms with Gasteiger partial charge in [-0.1, -0.05) is 25.4 Å². The molecule has 0 aliphatic heterocycles. The van der Waals surface area contributed by atoms with Crippen LogP contribution in [0.4, 0.5) is 0 Å². The molecule has 0 spiro atoms. The Morgan fingerprint density at radius 3 is 2.66 bits per heavy atom. The zero-order chi connectivity index (χ0) is 25.0. The summed E-state index contributed by atoms with van der Waals surface area (Å²) >= 11 is 6.25. The molecule has 5 rings (SSSR count). The highest BCUT2D eigenvalue weighted by molar-refractivity contribution is 6.31. The molecule has 9 nitrogen and oxygen atoms in total. The minimum Gasteiger partial charge on any atom is -0.361 e. The summed E-state index contributed by atoms with van der Waals surface area (Å²) in [6.07, 6.45) is 3.60. The van der Waals surface area contributed by atoms with Gasteiger partial charge < -0.3 is 9.55 Å². The van der Waals surface area contributed by atoms with E-state index in [9.17, 15) is 14.9 Å². The highest BCUT2D eigenvalue weighted by Gasteiger charge is 2.25. The van der Waals surface area contributed by atoms with E-state index in [1.165, 1.54) is 7.05 Å². The van der Waals surface area contributed by atoms with Crippen molar-refractivity contribution in [2.24, 2.45) is 20.0 Å². The minimum absolute atomic E-state index is 0.165. The number of rotatable bonds is 5. The Bertz CT molecular complexity index is 1770. The number of nitrogens with one attached hydrogen (secondary N) is 1. The van der Waals surface area contributed by atoms with Crippen LogP contribution in [0, 0.1) is 17.2 Å². The predicted molar refractivity (Wildman–Crippen MR) is 136 cm³/mol. The van der Waals surface area contributed by atoms with Gasteiger partial charge in [0.2, 0.25) is 0 Å². The second-order valence-corrected chi connectivity index (χ2v) is 9.63. The summed E-state index contributed by atoms with van der Waals surface area (Å²) in [6, 6.07) is 9.50. The molecule has 10 heteroatoms. The van der Waals surface area contributed by atoms with Crippen molar-refractivity contribution in [3.63, 3.8) is 0 Å². The first-order valence-electron chi connectivity index (χ1n) is 11.2. The second-order valence-electron chi connectivity index (χ2n) is 9.20. The zero-order valence-electron chi connectivity index (χ0n) is 19.8. The van der Waals surface area contributed by atoms with Crippen molar-refractivity contribution >= 4 is 33.5 Å². The summed E-state index contributed by atoms with van der Waals surface area (Å²) < 4.78 is 6.22. The second kappa shape index (κ2) is 8.32. The zero-order valence-corrected chi connectivity index (χ0v) is 20.6. The van der Waals surface area contributed by atoms with Crippen LogP contribution in [0.15, 0.2) is 46.2 Å². The standard InChI is InChI=1S/C25H24ClN7O2/c1-14(2)11-32-23-21(24(34)31(4)25(32)35)22(20-7-15(9-27)12-30(20)3)33(29-23)13-16-10-28-19-6-5-17(26)8-18(16)19/h5-8,10,12,14,28H,11,13H2,1-4H3. The van der Waals surface area contributed by atoms with E-state index in [2.05, 4.69) is 11.1 Å². The van der Waals surface area contributed by atoms with E-state index in [-0.39, 0.29) is 5.92 Å². The molecule has 0 unspecified atom stereocenters. The lowest BCUT2D eigenvalue weighted by molar-refractivity contribution is 0.498. The summed E-state index contributed by atoms with van der Waals surface area (Å²) in [5.74, 6) is 0.165. The van der Waals surface area contributed by atoms with Gasteiger partial charge in [0.15, 0.2) is 5.65 Å². The van der Waals surface area contributed by atoms with E-state index >= 15 is 0 Å². The largest absolute Gasteiger partial charge is 0.361 e. The highest BCUT2D eigenvalue weighted by Crippen LogP contribution is 2.30. The van der Waals surface area contributed by atoms with Crippen LogP contribution >= 0.6 is 11.6 Å². The Labute approximate surface area is 205 Å². The molecular formula is C25H24ClN7O2. The highest BCUT2D eigenvalue weighted by atomic mass is 35.5. The van der Waals surface area contributed by atoms with Crippen LogP contribution < -0.4 is 11.2 Å². The average molecular weight is 490 g/mol. The van der Waals surface area contributed by atoms with Gasteiger partial charge in [0.1, 0.15) is 17.1 Å². The molecule has 1 N–H and O–H groups in total. The van der Waals surface area contributed by atoms with Gasteiger partial charge in [-0.05, 0) is 35.7 Å². The first-order valence-corrected chi connectivity index (χ1v) is 11.6. The number of aromatic nitrogens is 6. The van der Waals surface area contributed by atoms with Crippen LogP contribution in [0.3, 0.4) is 0 Å². The molecule has 0 saturated heterocycles. The topological polar surface area (TPSA) is 106 Å². The van der Waals surface area contributed by atoms with Crippen LogP contribution in [-0.2, 0) is 27.2 Å². The van der Waals surface area contributed by atoms with Crippen molar-refractivity contribution in [1.29, 1.82) is 5.26 Å². The number of hydrogen-bond acceptors (Lipinski definition) is 4. The molecule has 4 aromatic heterocycles. The van der Waals surface area contributed by atoms with Gasteiger partial charge in [0.05, 0.1) is 17.8 Å². The molecule has 178 valence electrons. The normalized spacial score (nSPS) is 11.7. The summed E-state index contributed by atoms with van der Waals surface area (Å²) in [5.41, 5.74) is 3.05. The Kier molecular flexibility index (Phi) is 5.41. The van der Waals surface area contributed by atoms with Crippen LogP contribution in [0.1, 0.15) is 25.0 Å². The molecule has 0 atom stereocenters. The molecule has 5 aromatic rings. The molecule has 1 aromatic carbocycles. The molecule has 0 aliphatic carbocycles. The Hall–Kier alpha value is -4.03. The predicted octanol–water partition coefficient (Wildman–Crippen LogP) is 3.61. The molecule has 0 fully saturated rings. The summed E-state index contributed by atoms with van der Waals surface area (Å²) in [4.78, 5) is 29.7. The fourth-order valence-electron chi connectivity index (χ4n) is 4.57. The number of H-pyrrole nitrogens is 1. The lowest BCUT2D eigenvalue weighted by atomic mass is 10.1. The lowest BCUT2D eigenvalue weighted by Crippen LogP contribution is -2.38. The quantitative estimate of drug-likeness (QED) is 0.407. The maximum absolute atomic E-state index is 13.4. The molecule has 35 heavy (non-hydrogen) atoms. The average Bonchev–Trinajstić information content (AvgIpc) is 3.50. The first kappa shape index (κ1) is 22.7. The first-order chi connectivity index (χ1) is 16.7. The maximum Gasteiger partial charge on any atom is 0.332 e. The van der Waals surface area contributed by atoms with Gasteiger partial charge in [-0.25, -0.2) is 4.79 Å². The number of halogens is 1. The number of nitrogens with zero attached hydrogens (tertiary/aromatic N) is 6. The minimum atomic E-state index is -0.423. The summed E-state index contributed by atoms with van der Waals surface area (Å²) in [6.45, 7) is 4.76. The van der Waals surface area contributed by atoms with Gasteiger partial charge in [-0.3, -0.25) is 18.6 Å². The van der Waals surface area contributed by atoms with Crippen molar-refractivity contribution < 1.29 is 0 Å². The fraction of sp³-hybridized carbons (Fsp3) is 0.280. The van der Waals surface area contributed by atoms with E-state index in [1.54, 1.807) is 26.1 Å². The fourth-order valence-corrected chi connectivity index (χ4v) is 4.74. The number of aryl methyl sites for hydroxylation is 1. The Morgan fingerprint density at radius 2 is 1.97 bits per heavy atom. The van der Waals surface area contributed by atoms with Gasteiger partial charge >= 0.3 is 5.69 Å². The molecule has 4 heterocycles. The molecular weight excluding hydrogens is 466 g/mol. The van der Waals surface area contributed by atoms with E-state index in [0.29, 0.717) is 46.1 Å². The van der Waals surface area contributed by atoms with Gasteiger partial charge in [-0.15, -0.1) is 0 Å². The van der Waals surface area contributed by atoms with Crippen molar-refractivity contribution in [2.75, 3.05) is 0 Å². The molecule has 0 bridgehead atoms. The van der Waals surface area contributed by atoms with E-state index < -0.39 is 11.2 Å². The molecule has 0 amide bonds. The monoisotopic (exact) mass is 489 g/mol. The van der Waals surface area contributed by atoms with Gasteiger partial charge in [0, 0.05) is 49.0 Å². The number of fused-ring (bicyclic) bond motifs is 2. The molecule has 0 radical (unpaired) electrons. The SMILES string of the molecule is CC(C)Cn1c(=O)n(C)c(=O)c2c(-c3cc(C#N)cn3C)n(Cc3c[nH]c4ccc(Cl)cc34)nc21. The van der Waals surface area contributed by atoms with Crippen LogP contribution in [-0.4, -0.2) is 28.5 Å². The number of nitriles is 1. The number of hydrogen-bond donors (Lipinski definition) is 1. The summed E-state index contributed by atoms with van der Waals surface area (Å²) in [7, 11) is 3.30. The van der Waals surface area contributed by atoms with Crippen molar-refractivity contribution in [3.8, 4) is 17.5 Å². The van der Waals surface area contributed by atoms with E-state index in [4.69, 9.17) is 16.7 Å². The van der Waals surface area contributed by atoms with Gasteiger partial charge in [0.25, 0.3) is 5.56 Å². The maximum atomic E-state index is 13.4. The van der Waals surface area contributed by atoms with E-state index in [0.717, 1.165) is 21.0 Å². The number of benzene rings is 1. The lowest BCUT2D eigenvalue weighted by Gasteiger charge is -2.11. The summed E-state index contributed by atoms with van der Waals surface area (Å²) in [5, 5.41) is 16.2. The Morgan fingerprint density at radius 1 is 1.20 bits per heavy atom. The number of aromatic amines is 1. The van der Waals surface area contributed by atoms with Crippen LogP contribution in [0.5, 0.6) is 0 Å². The molecule has 0 saturated carbocycles. The smallest absolute Gasteiger partial charge is 0.332 e. The van der Waals surface area contributed by atoms with Crippen molar-refractivity contribution in [2.45, 2.75) is 26.9 Å². The van der Waals surface area contributed by atoms with E-state index in [1.807, 2.05) is 45.3 Å². The Balaban J connectivity index is 1.86. The van der Waals surface area contributed by atoms with Gasteiger partial charge in [-0.2, -0.15) is 10.4 Å². The third-order valence-corrected chi connectivity index (χ3v) is 6.44. The van der Waals surface area contributed by atoms with Crippen molar-refractivity contribution in [3.05, 3.63) is 73.6 Å². The van der Waals surface area contributed by atoms with Crippen molar-refractivity contribution in [1.82, 2.24) is 28.5 Å². The third-order valence-electron chi connectivity index (χ3n) is 6.20. The van der Waals surface area contributed by atoms with Crippen LogP contribution in [0.2, 0.25) is 5.02 Å². The molecule has 0 aliphatic rings. The third kappa shape index (κ3) is 3.67.